The molecule has 2 rings (SSSR count). The van der Waals surface area contributed by atoms with E-state index in [9.17, 15) is 0 Å². The lowest BCUT2D eigenvalue weighted by molar-refractivity contribution is 0.499. The summed E-state index contributed by atoms with van der Waals surface area (Å²) in [5, 5.41) is 4.61. The Labute approximate surface area is 112 Å². The van der Waals surface area contributed by atoms with Crippen molar-refractivity contribution in [2.24, 2.45) is 0 Å². The van der Waals surface area contributed by atoms with E-state index in [0.29, 0.717) is 0 Å². The molecule has 0 aliphatic rings. The molecule has 2 heterocycles. The predicted octanol–water partition coefficient (Wildman–Crippen LogP) is 3.37. The van der Waals surface area contributed by atoms with Crippen LogP contribution in [0.4, 0.5) is 0 Å². The molecule has 4 heteroatoms. The molecule has 0 atom stereocenters. The van der Waals surface area contributed by atoms with Gasteiger partial charge >= 0.3 is 0 Å². The van der Waals surface area contributed by atoms with Gasteiger partial charge in [0.15, 0.2) is 0 Å². The molecule has 2 aromatic rings. The number of aromatic nitrogens is 1. The Morgan fingerprint density at radius 2 is 2.22 bits per heavy atom. The van der Waals surface area contributed by atoms with E-state index in [2.05, 4.69) is 31.1 Å². The number of nitrogens with zero attached hydrogens (tertiary/aromatic N) is 1. The third-order valence-electron chi connectivity index (χ3n) is 2.62. The Kier molecular flexibility index (Phi) is 4.19. The van der Waals surface area contributed by atoms with E-state index in [1.807, 2.05) is 18.3 Å². The second-order valence-corrected chi connectivity index (χ2v) is 6.50. The quantitative estimate of drug-likeness (QED) is 0.841. The van der Waals surface area contributed by atoms with Gasteiger partial charge in [-0.05, 0) is 12.1 Å². The van der Waals surface area contributed by atoms with Crippen molar-refractivity contribution in [3.63, 3.8) is 0 Å². The van der Waals surface area contributed by atoms with Crippen LogP contribution >= 0.6 is 11.3 Å². The van der Waals surface area contributed by atoms with Crippen LogP contribution < -0.4 is 5.32 Å². The summed E-state index contributed by atoms with van der Waals surface area (Å²) in [4.78, 5) is 5.77. The lowest BCUT2D eigenvalue weighted by atomic mass is 9.98. The molecule has 0 saturated carbocycles. The van der Waals surface area contributed by atoms with Crippen LogP contribution in [0.25, 0.3) is 0 Å². The van der Waals surface area contributed by atoms with E-state index >= 15 is 0 Å². The highest BCUT2D eigenvalue weighted by Gasteiger charge is 2.17. The first-order chi connectivity index (χ1) is 8.55. The Morgan fingerprint density at radius 3 is 2.83 bits per heavy atom. The second kappa shape index (κ2) is 5.67. The maximum Gasteiger partial charge on any atom is 0.105 e. The summed E-state index contributed by atoms with van der Waals surface area (Å²) >= 11 is 1.79. The van der Waals surface area contributed by atoms with Crippen molar-refractivity contribution < 1.29 is 4.42 Å². The van der Waals surface area contributed by atoms with Crippen LogP contribution in [0.2, 0.25) is 0 Å². The molecule has 0 amide bonds. The largest absolute Gasteiger partial charge is 0.469 e. The lowest BCUT2D eigenvalue weighted by Gasteiger charge is -2.13. The van der Waals surface area contributed by atoms with E-state index in [1.54, 1.807) is 17.6 Å². The Morgan fingerprint density at radius 1 is 1.39 bits per heavy atom. The average Bonchev–Trinajstić information content (AvgIpc) is 2.95. The van der Waals surface area contributed by atoms with Crippen LogP contribution in [0.3, 0.4) is 0 Å². The Balaban J connectivity index is 1.75. The van der Waals surface area contributed by atoms with Crippen molar-refractivity contribution in [3.05, 3.63) is 40.2 Å². The fourth-order valence-electron chi connectivity index (χ4n) is 1.61. The number of hydrogen-bond donors (Lipinski definition) is 1. The van der Waals surface area contributed by atoms with E-state index in [1.165, 1.54) is 9.88 Å². The zero-order chi connectivity index (χ0) is 13.0. The minimum Gasteiger partial charge on any atom is -0.469 e. The molecule has 0 aliphatic heterocycles. The van der Waals surface area contributed by atoms with Gasteiger partial charge < -0.3 is 9.73 Å². The number of nitrogens with one attached hydrogen (secondary N) is 1. The summed E-state index contributed by atoms with van der Waals surface area (Å²) in [6.07, 6.45) is 4.62. The zero-order valence-electron chi connectivity index (χ0n) is 11.2. The monoisotopic (exact) mass is 264 g/mol. The lowest BCUT2D eigenvalue weighted by Crippen LogP contribution is -2.15. The zero-order valence-corrected chi connectivity index (χ0v) is 12.0. The standard InChI is InChI=1S/C14H20N2OS/c1-14(2,3)13-16-10-12(18-13)9-15-7-6-11-5-4-8-17-11/h4-5,8,10,15H,6-7,9H2,1-3H3. The second-order valence-electron chi connectivity index (χ2n) is 5.39. The highest BCUT2D eigenvalue weighted by Crippen LogP contribution is 2.26. The van der Waals surface area contributed by atoms with Gasteiger partial charge in [-0.15, -0.1) is 11.3 Å². The first kappa shape index (κ1) is 13.3. The highest BCUT2D eigenvalue weighted by molar-refractivity contribution is 7.11. The maximum absolute atomic E-state index is 5.28. The van der Waals surface area contributed by atoms with E-state index in [-0.39, 0.29) is 5.41 Å². The SMILES string of the molecule is CC(C)(C)c1ncc(CNCCc2ccco2)s1. The summed E-state index contributed by atoms with van der Waals surface area (Å²) in [7, 11) is 0. The molecule has 0 aromatic carbocycles. The minimum atomic E-state index is 0.150. The smallest absolute Gasteiger partial charge is 0.105 e. The highest BCUT2D eigenvalue weighted by atomic mass is 32.1. The Bertz CT molecular complexity index is 468. The van der Waals surface area contributed by atoms with Crippen LogP contribution in [-0.4, -0.2) is 11.5 Å². The van der Waals surface area contributed by atoms with E-state index < -0.39 is 0 Å². The molecular weight excluding hydrogens is 244 g/mol. The fourth-order valence-corrected chi connectivity index (χ4v) is 2.55. The third-order valence-corrected chi connectivity index (χ3v) is 4.05. The van der Waals surface area contributed by atoms with Crippen molar-refractivity contribution in [1.29, 1.82) is 0 Å². The molecule has 0 aliphatic carbocycles. The number of thiazole rings is 1. The van der Waals surface area contributed by atoms with Crippen molar-refractivity contribution >= 4 is 11.3 Å². The summed E-state index contributed by atoms with van der Waals surface area (Å²) in [6.45, 7) is 8.39. The summed E-state index contributed by atoms with van der Waals surface area (Å²) in [6, 6.07) is 3.93. The van der Waals surface area contributed by atoms with Gasteiger partial charge in [0, 0.05) is 36.0 Å². The normalized spacial score (nSPS) is 11.9. The van der Waals surface area contributed by atoms with Crippen molar-refractivity contribution in [1.82, 2.24) is 10.3 Å². The van der Waals surface area contributed by atoms with Crippen LogP contribution in [0.1, 0.15) is 36.4 Å². The average molecular weight is 264 g/mol. The van der Waals surface area contributed by atoms with Gasteiger partial charge in [0.25, 0.3) is 0 Å². The van der Waals surface area contributed by atoms with Gasteiger partial charge in [-0.2, -0.15) is 0 Å². The molecule has 1 N–H and O–H groups in total. The molecule has 2 aromatic heterocycles. The van der Waals surface area contributed by atoms with Crippen LogP contribution in [0.5, 0.6) is 0 Å². The van der Waals surface area contributed by atoms with Gasteiger partial charge in [-0.1, -0.05) is 20.8 Å². The fraction of sp³-hybridized carbons (Fsp3) is 0.500. The molecule has 0 radical (unpaired) electrons. The minimum absolute atomic E-state index is 0.150. The predicted molar refractivity (Wildman–Crippen MR) is 74.9 cm³/mol. The maximum atomic E-state index is 5.28. The number of furan rings is 1. The van der Waals surface area contributed by atoms with E-state index in [4.69, 9.17) is 4.42 Å². The molecule has 3 nitrogen and oxygen atoms in total. The Hall–Kier alpha value is -1.13. The number of hydrogen-bond acceptors (Lipinski definition) is 4. The summed E-state index contributed by atoms with van der Waals surface area (Å²) < 4.78 is 5.28. The first-order valence-corrected chi connectivity index (χ1v) is 7.05. The molecule has 0 bridgehead atoms. The van der Waals surface area contributed by atoms with Crippen molar-refractivity contribution in [2.45, 2.75) is 39.2 Å². The van der Waals surface area contributed by atoms with Crippen LogP contribution in [-0.2, 0) is 18.4 Å². The molecule has 0 spiro atoms. The molecular formula is C14H20N2OS. The summed E-state index contributed by atoms with van der Waals surface area (Å²) in [5.74, 6) is 1.03. The van der Waals surface area contributed by atoms with E-state index in [0.717, 1.165) is 25.3 Å². The van der Waals surface area contributed by atoms with Crippen LogP contribution in [0.15, 0.2) is 29.0 Å². The van der Waals surface area contributed by atoms with Gasteiger partial charge in [-0.3, -0.25) is 0 Å². The van der Waals surface area contributed by atoms with Crippen LogP contribution in [0, 0.1) is 0 Å². The van der Waals surface area contributed by atoms with Gasteiger partial charge in [0.1, 0.15) is 5.76 Å². The van der Waals surface area contributed by atoms with Gasteiger partial charge in [0.2, 0.25) is 0 Å². The molecule has 0 saturated heterocycles. The third kappa shape index (κ3) is 3.68. The molecule has 0 fully saturated rings. The summed E-state index contributed by atoms with van der Waals surface area (Å²) in [5.41, 5.74) is 0.150. The van der Waals surface area contributed by atoms with Gasteiger partial charge in [0.05, 0.1) is 11.3 Å². The number of rotatable bonds is 5. The first-order valence-electron chi connectivity index (χ1n) is 6.24. The van der Waals surface area contributed by atoms with Crippen molar-refractivity contribution in [3.8, 4) is 0 Å². The molecule has 98 valence electrons. The van der Waals surface area contributed by atoms with Gasteiger partial charge in [-0.25, -0.2) is 4.98 Å². The molecule has 18 heavy (non-hydrogen) atoms. The topological polar surface area (TPSA) is 38.1 Å². The van der Waals surface area contributed by atoms with Crippen molar-refractivity contribution in [2.75, 3.05) is 6.54 Å². The molecule has 0 unspecified atom stereocenters.